The molecule has 1 atom stereocenters. The van der Waals surface area contributed by atoms with Crippen LogP contribution in [0.3, 0.4) is 0 Å². The predicted octanol–water partition coefficient (Wildman–Crippen LogP) is 1.51. The fourth-order valence-corrected chi connectivity index (χ4v) is 1.36. The molecule has 0 spiro atoms. The Balaban J connectivity index is 2.35. The SMILES string of the molecule is CCOC(=O)C#CC(N)CCc1ccccc1. The molecule has 17 heavy (non-hydrogen) atoms. The molecule has 1 rings (SSSR count). The molecule has 0 aliphatic carbocycles. The van der Waals surface area contributed by atoms with Gasteiger partial charge in [-0.05, 0) is 25.3 Å². The van der Waals surface area contributed by atoms with Crippen molar-refractivity contribution in [1.29, 1.82) is 0 Å². The first-order valence-corrected chi connectivity index (χ1v) is 5.70. The van der Waals surface area contributed by atoms with E-state index in [0.29, 0.717) is 6.61 Å². The van der Waals surface area contributed by atoms with Crippen LogP contribution in [0.2, 0.25) is 0 Å². The molecule has 0 heterocycles. The van der Waals surface area contributed by atoms with Crippen LogP contribution in [-0.2, 0) is 16.0 Å². The number of ether oxygens (including phenoxy) is 1. The number of benzene rings is 1. The maximum Gasteiger partial charge on any atom is 0.384 e. The van der Waals surface area contributed by atoms with Gasteiger partial charge in [-0.1, -0.05) is 36.3 Å². The third-order valence-electron chi connectivity index (χ3n) is 2.22. The number of carbonyl (C=O) groups is 1. The summed E-state index contributed by atoms with van der Waals surface area (Å²) in [6, 6.07) is 9.76. The van der Waals surface area contributed by atoms with Crippen molar-refractivity contribution >= 4 is 5.97 Å². The van der Waals surface area contributed by atoms with Crippen molar-refractivity contribution in [2.75, 3.05) is 6.61 Å². The molecule has 3 heteroatoms. The predicted molar refractivity (Wildman–Crippen MR) is 67.1 cm³/mol. The second-order valence-corrected chi connectivity index (χ2v) is 3.62. The van der Waals surface area contributed by atoms with Crippen molar-refractivity contribution in [3.05, 3.63) is 35.9 Å². The smallest absolute Gasteiger partial charge is 0.384 e. The van der Waals surface area contributed by atoms with Gasteiger partial charge in [-0.15, -0.1) is 0 Å². The standard InChI is InChI=1S/C14H17NO2/c1-2-17-14(16)11-10-13(15)9-8-12-6-4-3-5-7-12/h3-7,13H,2,8-9,15H2,1H3. The van der Waals surface area contributed by atoms with Crippen molar-refractivity contribution in [2.45, 2.75) is 25.8 Å². The van der Waals surface area contributed by atoms with Crippen LogP contribution in [0.1, 0.15) is 18.9 Å². The zero-order valence-corrected chi connectivity index (χ0v) is 9.98. The molecule has 90 valence electrons. The lowest BCUT2D eigenvalue weighted by molar-refractivity contribution is -0.136. The molecule has 1 aromatic carbocycles. The number of nitrogens with two attached hydrogens (primary N) is 1. The van der Waals surface area contributed by atoms with Crippen LogP contribution in [0.15, 0.2) is 30.3 Å². The van der Waals surface area contributed by atoms with Crippen molar-refractivity contribution in [3.63, 3.8) is 0 Å². The van der Waals surface area contributed by atoms with E-state index in [1.807, 2.05) is 30.3 Å². The van der Waals surface area contributed by atoms with E-state index in [1.54, 1.807) is 6.92 Å². The number of aryl methyl sites for hydroxylation is 1. The van der Waals surface area contributed by atoms with E-state index in [4.69, 9.17) is 5.73 Å². The fourth-order valence-electron chi connectivity index (χ4n) is 1.36. The van der Waals surface area contributed by atoms with E-state index < -0.39 is 5.97 Å². The molecular formula is C14H17NO2. The summed E-state index contributed by atoms with van der Waals surface area (Å²) in [5, 5.41) is 0. The van der Waals surface area contributed by atoms with Gasteiger partial charge >= 0.3 is 5.97 Å². The first-order valence-electron chi connectivity index (χ1n) is 5.70. The number of hydrogen-bond donors (Lipinski definition) is 1. The van der Waals surface area contributed by atoms with Crippen LogP contribution in [0.4, 0.5) is 0 Å². The van der Waals surface area contributed by atoms with Crippen LogP contribution in [0.25, 0.3) is 0 Å². The zero-order valence-electron chi connectivity index (χ0n) is 9.98. The Morgan fingerprint density at radius 2 is 2.12 bits per heavy atom. The van der Waals surface area contributed by atoms with Crippen molar-refractivity contribution < 1.29 is 9.53 Å². The van der Waals surface area contributed by atoms with Crippen LogP contribution in [-0.4, -0.2) is 18.6 Å². The normalized spacial score (nSPS) is 11.2. The molecule has 1 aromatic rings. The van der Waals surface area contributed by atoms with Gasteiger partial charge < -0.3 is 10.5 Å². The Morgan fingerprint density at radius 3 is 2.76 bits per heavy atom. The van der Waals surface area contributed by atoms with Gasteiger partial charge in [0.1, 0.15) is 0 Å². The highest BCUT2D eigenvalue weighted by molar-refractivity contribution is 5.88. The van der Waals surface area contributed by atoms with Crippen LogP contribution in [0, 0.1) is 11.8 Å². The van der Waals surface area contributed by atoms with E-state index >= 15 is 0 Å². The topological polar surface area (TPSA) is 52.3 Å². The first kappa shape index (κ1) is 13.3. The quantitative estimate of drug-likeness (QED) is 0.485. The molecule has 0 bridgehead atoms. The van der Waals surface area contributed by atoms with Crippen molar-refractivity contribution in [2.24, 2.45) is 5.73 Å². The third kappa shape index (κ3) is 5.74. The maximum absolute atomic E-state index is 11.0. The van der Waals surface area contributed by atoms with Crippen molar-refractivity contribution in [3.8, 4) is 11.8 Å². The Hall–Kier alpha value is -1.79. The van der Waals surface area contributed by atoms with Gasteiger partial charge in [0, 0.05) is 5.92 Å². The zero-order chi connectivity index (χ0) is 12.5. The van der Waals surface area contributed by atoms with Gasteiger partial charge in [0.05, 0.1) is 12.6 Å². The molecule has 0 aliphatic heterocycles. The van der Waals surface area contributed by atoms with Crippen LogP contribution < -0.4 is 5.73 Å². The van der Waals surface area contributed by atoms with Gasteiger partial charge in [0.2, 0.25) is 0 Å². The summed E-state index contributed by atoms with van der Waals surface area (Å²) < 4.78 is 4.69. The third-order valence-corrected chi connectivity index (χ3v) is 2.22. The summed E-state index contributed by atoms with van der Waals surface area (Å²) in [7, 11) is 0. The molecule has 0 fully saturated rings. The van der Waals surface area contributed by atoms with E-state index in [0.717, 1.165) is 12.8 Å². The lowest BCUT2D eigenvalue weighted by Crippen LogP contribution is -2.18. The number of esters is 1. The molecule has 0 radical (unpaired) electrons. The largest absolute Gasteiger partial charge is 0.456 e. The summed E-state index contributed by atoms with van der Waals surface area (Å²) >= 11 is 0. The van der Waals surface area contributed by atoms with Gasteiger partial charge in [0.25, 0.3) is 0 Å². The first-order chi connectivity index (χ1) is 8.22. The van der Waals surface area contributed by atoms with E-state index in [1.165, 1.54) is 5.56 Å². The summed E-state index contributed by atoms with van der Waals surface area (Å²) in [6.45, 7) is 2.08. The summed E-state index contributed by atoms with van der Waals surface area (Å²) in [6.07, 6.45) is 1.59. The number of carbonyl (C=O) groups excluding carboxylic acids is 1. The highest BCUT2D eigenvalue weighted by Gasteiger charge is 2.00. The molecule has 0 aromatic heterocycles. The highest BCUT2D eigenvalue weighted by Crippen LogP contribution is 2.03. The summed E-state index contributed by atoms with van der Waals surface area (Å²) in [4.78, 5) is 11.0. The minimum Gasteiger partial charge on any atom is -0.456 e. The molecule has 0 saturated carbocycles. The summed E-state index contributed by atoms with van der Waals surface area (Å²) in [5.74, 6) is 4.56. The molecule has 0 amide bonds. The van der Waals surface area contributed by atoms with Crippen molar-refractivity contribution in [1.82, 2.24) is 0 Å². The average molecular weight is 231 g/mol. The van der Waals surface area contributed by atoms with E-state index in [2.05, 4.69) is 16.6 Å². The Labute approximate surface area is 102 Å². The van der Waals surface area contributed by atoms with E-state index in [-0.39, 0.29) is 6.04 Å². The Bertz CT molecular complexity index is 403. The minimum atomic E-state index is -0.511. The molecule has 0 aliphatic rings. The van der Waals surface area contributed by atoms with Gasteiger partial charge in [-0.25, -0.2) is 4.79 Å². The van der Waals surface area contributed by atoms with Crippen LogP contribution >= 0.6 is 0 Å². The van der Waals surface area contributed by atoms with E-state index in [9.17, 15) is 4.79 Å². The second kappa shape index (κ2) is 7.48. The van der Waals surface area contributed by atoms with Gasteiger partial charge in [0.15, 0.2) is 0 Å². The van der Waals surface area contributed by atoms with Gasteiger partial charge in [-0.3, -0.25) is 0 Å². The van der Waals surface area contributed by atoms with Gasteiger partial charge in [-0.2, -0.15) is 0 Å². The lowest BCUT2D eigenvalue weighted by Gasteiger charge is -2.03. The minimum absolute atomic E-state index is 0.292. The van der Waals surface area contributed by atoms with Crippen LogP contribution in [0.5, 0.6) is 0 Å². The highest BCUT2D eigenvalue weighted by atomic mass is 16.5. The molecule has 3 nitrogen and oxygen atoms in total. The fraction of sp³-hybridized carbons (Fsp3) is 0.357. The maximum atomic E-state index is 11.0. The molecule has 0 saturated heterocycles. The molecular weight excluding hydrogens is 214 g/mol. The number of rotatable bonds is 4. The monoisotopic (exact) mass is 231 g/mol. The Kier molecular flexibility index (Phi) is 5.84. The lowest BCUT2D eigenvalue weighted by atomic mass is 10.1. The second-order valence-electron chi connectivity index (χ2n) is 3.62. The number of hydrogen-bond acceptors (Lipinski definition) is 3. The molecule has 1 unspecified atom stereocenters. The summed E-state index contributed by atoms with van der Waals surface area (Å²) in [5.41, 5.74) is 7.01. The average Bonchev–Trinajstić information content (AvgIpc) is 2.35. The Morgan fingerprint density at radius 1 is 1.41 bits per heavy atom. The molecule has 2 N–H and O–H groups in total.